The van der Waals surface area contributed by atoms with Gasteiger partial charge in [0.25, 0.3) is 0 Å². The van der Waals surface area contributed by atoms with Crippen LogP contribution >= 0.6 is 11.6 Å². The summed E-state index contributed by atoms with van der Waals surface area (Å²) < 4.78 is 1.83. The van der Waals surface area contributed by atoms with Gasteiger partial charge in [0.1, 0.15) is 5.82 Å². The standard InChI is InChI=1S/C11H9ClN2O2/c12-7-3-4-14-8(5-7)9(11(15)16)13-10(14)6-1-2-6/h3-6H,1-2H2,(H,15,16). The van der Waals surface area contributed by atoms with E-state index in [0.717, 1.165) is 18.7 Å². The number of hydrogen-bond acceptors (Lipinski definition) is 2. The van der Waals surface area contributed by atoms with Crippen LogP contribution in [0, 0.1) is 0 Å². The first-order valence-electron chi connectivity index (χ1n) is 5.07. The lowest BCUT2D eigenvalue weighted by Gasteiger charge is -1.98. The van der Waals surface area contributed by atoms with Gasteiger partial charge in [0.15, 0.2) is 5.69 Å². The first-order chi connectivity index (χ1) is 7.66. The Labute approximate surface area is 96.5 Å². The van der Waals surface area contributed by atoms with E-state index in [-0.39, 0.29) is 5.69 Å². The largest absolute Gasteiger partial charge is 0.476 e. The third-order valence-electron chi connectivity index (χ3n) is 2.78. The number of pyridine rings is 1. The zero-order valence-corrected chi connectivity index (χ0v) is 9.11. The zero-order chi connectivity index (χ0) is 11.3. The van der Waals surface area contributed by atoms with Gasteiger partial charge in [-0.2, -0.15) is 0 Å². The Hall–Kier alpha value is -1.55. The van der Waals surface area contributed by atoms with Crippen LogP contribution in [-0.2, 0) is 0 Å². The smallest absolute Gasteiger partial charge is 0.356 e. The molecule has 0 unspecified atom stereocenters. The Balaban J connectivity index is 2.32. The topological polar surface area (TPSA) is 54.6 Å². The van der Waals surface area contributed by atoms with Gasteiger partial charge in [0.05, 0.1) is 5.52 Å². The number of rotatable bonds is 2. The zero-order valence-electron chi connectivity index (χ0n) is 8.35. The molecule has 1 saturated carbocycles. The SMILES string of the molecule is O=C(O)c1nc(C2CC2)n2ccc(Cl)cc12. The van der Waals surface area contributed by atoms with E-state index in [1.54, 1.807) is 18.3 Å². The van der Waals surface area contributed by atoms with Crippen molar-refractivity contribution in [2.75, 3.05) is 0 Å². The van der Waals surface area contributed by atoms with Gasteiger partial charge in [-0.1, -0.05) is 11.6 Å². The van der Waals surface area contributed by atoms with Crippen LogP contribution in [0.2, 0.25) is 5.02 Å². The number of carbonyl (C=O) groups is 1. The van der Waals surface area contributed by atoms with E-state index in [1.165, 1.54) is 0 Å². The molecule has 16 heavy (non-hydrogen) atoms. The molecule has 0 amide bonds. The van der Waals surface area contributed by atoms with Crippen molar-refractivity contribution < 1.29 is 9.90 Å². The van der Waals surface area contributed by atoms with E-state index in [4.69, 9.17) is 16.7 Å². The first-order valence-corrected chi connectivity index (χ1v) is 5.45. The summed E-state index contributed by atoms with van der Waals surface area (Å²) in [6.07, 6.45) is 3.95. The molecular formula is C11H9ClN2O2. The second kappa shape index (κ2) is 3.22. The van der Waals surface area contributed by atoms with Gasteiger partial charge in [-0.15, -0.1) is 0 Å². The fourth-order valence-electron chi connectivity index (χ4n) is 1.87. The van der Waals surface area contributed by atoms with Crippen LogP contribution in [0.4, 0.5) is 0 Å². The molecule has 1 aliphatic rings. The van der Waals surface area contributed by atoms with E-state index in [1.807, 2.05) is 4.40 Å². The van der Waals surface area contributed by atoms with Gasteiger partial charge in [-0.25, -0.2) is 9.78 Å². The minimum Gasteiger partial charge on any atom is -0.476 e. The lowest BCUT2D eigenvalue weighted by molar-refractivity contribution is 0.0693. The normalized spacial score (nSPS) is 15.6. The molecule has 2 aromatic heterocycles. The molecule has 82 valence electrons. The second-order valence-electron chi connectivity index (χ2n) is 4.00. The van der Waals surface area contributed by atoms with Crippen LogP contribution in [0.15, 0.2) is 18.3 Å². The Morgan fingerprint density at radius 1 is 1.56 bits per heavy atom. The highest BCUT2D eigenvalue weighted by Gasteiger charge is 2.30. The molecule has 0 aromatic carbocycles. The van der Waals surface area contributed by atoms with Crippen LogP contribution in [0.5, 0.6) is 0 Å². The predicted molar refractivity (Wildman–Crippen MR) is 59.1 cm³/mol. The third-order valence-corrected chi connectivity index (χ3v) is 3.01. The number of fused-ring (bicyclic) bond motifs is 1. The molecule has 0 bridgehead atoms. The van der Waals surface area contributed by atoms with Crippen molar-refractivity contribution in [2.45, 2.75) is 18.8 Å². The number of carboxylic acid groups (broad SMARTS) is 1. The maximum atomic E-state index is 11.1. The van der Waals surface area contributed by atoms with Gasteiger partial charge in [0.2, 0.25) is 0 Å². The number of nitrogens with zero attached hydrogens (tertiary/aromatic N) is 2. The molecule has 5 heteroatoms. The number of carboxylic acids is 1. The lowest BCUT2D eigenvalue weighted by Crippen LogP contribution is -1.97. The van der Waals surface area contributed by atoms with Crippen molar-refractivity contribution in [3.8, 4) is 0 Å². The fourth-order valence-corrected chi connectivity index (χ4v) is 2.03. The minimum atomic E-state index is -1.01. The van der Waals surface area contributed by atoms with Crippen molar-refractivity contribution in [3.63, 3.8) is 0 Å². The third kappa shape index (κ3) is 1.38. The van der Waals surface area contributed by atoms with Crippen molar-refractivity contribution in [1.82, 2.24) is 9.38 Å². The predicted octanol–water partition coefficient (Wildman–Crippen LogP) is 2.56. The summed E-state index contributed by atoms with van der Waals surface area (Å²) >= 11 is 5.87. The van der Waals surface area contributed by atoms with Crippen molar-refractivity contribution in [2.24, 2.45) is 0 Å². The van der Waals surface area contributed by atoms with Crippen LogP contribution in [0.25, 0.3) is 5.52 Å². The second-order valence-corrected chi connectivity index (χ2v) is 4.43. The van der Waals surface area contributed by atoms with Gasteiger partial charge >= 0.3 is 5.97 Å². The number of halogens is 1. The molecule has 2 heterocycles. The number of aromatic nitrogens is 2. The number of hydrogen-bond donors (Lipinski definition) is 1. The Morgan fingerprint density at radius 3 is 2.94 bits per heavy atom. The Bertz CT molecular complexity index is 587. The van der Waals surface area contributed by atoms with Gasteiger partial charge in [-0.05, 0) is 25.0 Å². The quantitative estimate of drug-likeness (QED) is 0.872. The average molecular weight is 237 g/mol. The minimum absolute atomic E-state index is 0.0874. The molecule has 2 aromatic rings. The molecule has 1 fully saturated rings. The molecule has 1 aliphatic carbocycles. The van der Waals surface area contributed by atoms with Crippen LogP contribution < -0.4 is 0 Å². The first kappa shape index (κ1) is 9.66. The van der Waals surface area contributed by atoms with Crippen LogP contribution in [0.1, 0.15) is 35.1 Å². The lowest BCUT2D eigenvalue weighted by atomic mass is 10.3. The van der Waals surface area contributed by atoms with Crippen LogP contribution in [-0.4, -0.2) is 20.5 Å². The summed E-state index contributed by atoms with van der Waals surface area (Å²) in [6, 6.07) is 3.39. The fraction of sp³-hybridized carbons (Fsp3) is 0.273. The molecule has 1 N–H and O–H groups in total. The number of aromatic carboxylic acids is 1. The molecule has 0 radical (unpaired) electrons. The van der Waals surface area contributed by atoms with Crippen molar-refractivity contribution in [1.29, 1.82) is 0 Å². The summed E-state index contributed by atoms with van der Waals surface area (Å²) in [4.78, 5) is 15.3. The highest BCUT2D eigenvalue weighted by Crippen LogP contribution is 2.40. The van der Waals surface area contributed by atoms with E-state index >= 15 is 0 Å². The molecule has 4 nitrogen and oxygen atoms in total. The van der Waals surface area contributed by atoms with Gasteiger partial charge < -0.3 is 9.51 Å². The van der Waals surface area contributed by atoms with Crippen molar-refractivity contribution >= 4 is 23.1 Å². The Morgan fingerprint density at radius 2 is 2.31 bits per heavy atom. The molecule has 0 spiro atoms. The van der Waals surface area contributed by atoms with Gasteiger partial charge in [0, 0.05) is 17.1 Å². The van der Waals surface area contributed by atoms with Gasteiger partial charge in [-0.3, -0.25) is 0 Å². The summed E-state index contributed by atoms with van der Waals surface area (Å²) in [5.41, 5.74) is 0.659. The monoisotopic (exact) mass is 236 g/mol. The highest BCUT2D eigenvalue weighted by molar-refractivity contribution is 6.31. The van der Waals surface area contributed by atoms with E-state index < -0.39 is 5.97 Å². The number of imidazole rings is 1. The summed E-state index contributed by atoms with van der Waals surface area (Å²) in [5.74, 6) is 0.234. The average Bonchev–Trinajstić information content (AvgIpc) is 2.99. The van der Waals surface area contributed by atoms with E-state index in [2.05, 4.69) is 4.98 Å². The maximum absolute atomic E-state index is 11.1. The highest BCUT2D eigenvalue weighted by atomic mass is 35.5. The molecule has 3 rings (SSSR count). The Kier molecular flexibility index (Phi) is 1.94. The van der Waals surface area contributed by atoms with Crippen molar-refractivity contribution in [3.05, 3.63) is 34.9 Å². The summed E-state index contributed by atoms with van der Waals surface area (Å²) in [5, 5.41) is 9.60. The molecular weight excluding hydrogens is 228 g/mol. The summed E-state index contributed by atoms with van der Waals surface area (Å²) in [7, 11) is 0. The molecule has 0 atom stereocenters. The van der Waals surface area contributed by atoms with Crippen LogP contribution in [0.3, 0.4) is 0 Å². The maximum Gasteiger partial charge on any atom is 0.356 e. The molecule has 0 aliphatic heterocycles. The van der Waals surface area contributed by atoms with E-state index in [0.29, 0.717) is 16.5 Å². The summed E-state index contributed by atoms with van der Waals surface area (Å²) in [6.45, 7) is 0. The van der Waals surface area contributed by atoms with E-state index in [9.17, 15) is 4.79 Å². The molecule has 0 saturated heterocycles.